The molecule has 0 spiro atoms. The monoisotopic (exact) mass is 288 g/mol. The third-order valence-corrected chi connectivity index (χ3v) is 5.07. The highest BCUT2D eigenvalue weighted by molar-refractivity contribution is 5.50. The minimum absolute atomic E-state index is 0.650. The molecule has 0 aromatic heterocycles. The van der Waals surface area contributed by atoms with Crippen molar-refractivity contribution in [2.24, 2.45) is 0 Å². The van der Waals surface area contributed by atoms with Gasteiger partial charge in [0.15, 0.2) is 0 Å². The summed E-state index contributed by atoms with van der Waals surface area (Å²) in [5, 5.41) is 0. The standard InChI is InChI=1S/C18H28N2O/c1-3-16-12-19-10-5-4-8-18(19)13-20(16)17-9-6-7-15(11-17)14-21-2/h6-7,9,11,16,18H,3-5,8,10,12-14H2,1-2H3. The summed E-state index contributed by atoms with van der Waals surface area (Å²) in [6.45, 7) is 6.75. The first kappa shape index (κ1) is 14.9. The Morgan fingerprint density at radius 2 is 2.14 bits per heavy atom. The van der Waals surface area contributed by atoms with Crippen LogP contribution in [-0.4, -0.2) is 43.7 Å². The van der Waals surface area contributed by atoms with Crippen molar-refractivity contribution in [1.82, 2.24) is 4.90 Å². The molecule has 3 nitrogen and oxygen atoms in total. The van der Waals surface area contributed by atoms with Crippen LogP contribution in [0.25, 0.3) is 0 Å². The number of rotatable bonds is 4. The van der Waals surface area contributed by atoms with Crippen LogP contribution in [-0.2, 0) is 11.3 Å². The number of benzene rings is 1. The van der Waals surface area contributed by atoms with Crippen molar-refractivity contribution in [1.29, 1.82) is 0 Å². The molecule has 2 aliphatic rings. The second-order valence-electron chi connectivity index (χ2n) is 6.46. The lowest BCUT2D eigenvalue weighted by Gasteiger charge is -2.49. The quantitative estimate of drug-likeness (QED) is 0.845. The van der Waals surface area contributed by atoms with E-state index >= 15 is 0 Å². The van der Waals surface area contributed by atoms with E-state index in [0.29, 0.717) is 12.6 Å². The highest BCUT2D eigenvalue weighted by atomic mass is 16.5. The molecular formula is C18H28N2O. The van der Waals surface area contributed by atoms with E-state index in [1.54, 1.807) is 7.11 Å². The maximum atomic E-state index is 5.28. The number of ether oxygens (including phenoxy) is 1. The van der Waals surface area contributed by atoms with Crippen LogP contribution in [0.1, 0.15) is 38.2 Å². The Bertz CT molecular complexity index is 462. The summed E-state index contributed by atoms with van der Waals surface area (Å²) in [6.07, 6.45) is 5.37. The second kappa shape index (κ2) is 6.80. The zero-order valence-electron chi connectivity index (χ0n) is 13.4. The largest absolute Gasteiger partial charge is 0.380 e. The van der Waals surface area contributed by atoms with Gasteiger partial charge < -0.3 is 9.64 Å². The molecule has 0 radical (unpaired) electrons. The normalized spacial score (nSPS) is 26.7. The third-order valence-electron chi connectivity index (χ3n) is 5.07. The second-order valence-corrected chi connectivity index (χ2v) is 6.46. The van der Waals surface area contributed by atoms with Crippen molar-refractivity contribution in [2.45, 2.75) is 51.3 Å². The maximum Gasteiger partial charge on any atom is 0.0713 e. The van der Waals surface area contributed by atoms with Crippen LogP contribution in [0.4, 0.5) is 5.69 Å². The summed E-state index contributed by atoms with van der Waals surface area (Å²) >= 11 is 0. The molecule has 0 N–H and O–H groups in total. The van der Waals surface area contributed by atoms with Crippen molar-refractivity contribution in [3.63, 3.8) is 0 Å². The van der Waals surface area contributed by atoms with E-state index < -0.39 is 0 Å². The van der Waals surface area contributed by atoms with Crippen molar-refractivity contribution in [3.05, 3.63) is 29.8 Å². The van der Waals surface area contributed by atoms with Crippen LogP contribution in [0.5, 0.6) is 0 Å². The summed E-state index contributed by atoms with van der Waals surface area (Å²) in [4.78, 5) is 5.37. The van der Waals surface area contributed by atoms with Gasteiger partial charge >= 0.3 is 0 Å². The van der Waals surface area contributed by atoms with Crippen LogP contribution in [0.2, 0.25) is 0 Å². The molecular weight excluding hydrogens is 260 g/mol. The summed E-state index contributed by atoms with van der Waals surface area (Å²) in [7, 11) is 1.77. The van der Waals surface area contributed by atoms with Crippen molar-refractivity contribution in [3.8, 4) is 0 Å². The maximum absolute atomic E-state index is 5.28. The first-order chi connectivity index (χ1) is 10.3. The third kappa shape index (κ3) is 3.24. The van der Waals surface area contributed by atoms with Crippen LogP contribution < -0.4 is 4.90 Å². The fraction of sp³-hybridized carbons (Fsp3) is 0.667. The number of piperidine rings is 1. The highest BCUT2D eigenvalue weighted by Gasteiger charge is 2.34. The Labute approximate surface area is 128 Å². The van der Waals surface area contributed by atoms with Crippen LogP contribution in [0.3, 0.4) is 0 Å². The Morgan fingerprint density at radius 3 is 2.95 bits per heavy atom. The molecule has 21 heavy (non-hydrogen) atoms. The number of nitrogens with zero attached hydrogens (tertiary/aromatic N) is 2. The van der Waals surface area contributed by atoms with Crippen molar-refractivity contribution >= 4 is 5.69 Å². The smallest absolute Gasteiger partial charge is 0.0713 e. The highest BCUT2D eigenvalue weighted by Crippen LogP contribution is 2.29. The molecule has 0 saturated carbocycles. The zero-order valence-corrected chi connectivity index (χ0v) is 13.4. The number of hydrogen-bond acceptors (Lipinski definition) is 3. The van der Waals surface area contributed by atoms with Gasteiger partial charge in [-0.1, -0.05) is 25.5 Å². The van der Waals surface area contributed by atoms with Crippen LogP contribution in [0, 0.1) is 0 Å². The number of anilines is 1. The van der Waals surface area contributed by atoms with E-state index in [2.05, 4.69) is 41.0 Å². The molecule has 2 aliphatic heterocycles. The minimum Gasteiger partial charge on any atom is -0.380 e. The predicted octanol–water partition coefficient (Wildman–Crippen LogP) is 3.29. The van der Waals surface area contributed by atoms with Crippen LogP contribution >= 0.6 is 0 Å². The molecule has 0 aliphatic carbocycles. The lowest BCUT2D eigenvalue weighted by molar-refractivity contribution is 0.111. The molecule has 2 atom stereocenters. The molecule has 2 unspecified atom stereocenters. The van der Waals surface area contributed by atoms with Gasteiger partial charge in [0.1, 0.15) is 0 Å². The molecule has 1 aromatic rings. The van der Waals surface area contributed by atoms with Crippen molar-refractivity contribution < 1.29 is 4.74 Å². The zero-order chi connectivity index (χ0) is 14.7. The van der Waals surface area contributed by atoms with E-state index in [0.717, 1.165) is 6.04 Å². The SMILES string of the molecule is CCC1CN2CCCCC2CN1c1cccc(COC)c1. The van der Waals surface area contributed by atoms with E-state index in [1.165, 1.54) is 56.6 Å². The van der Waals surface area contributed by atoms with Gasteiger partial charge in [-0.25, -0.2) is 0 Å². The van der Waals surface area contributed by atoms with Gasteiger partial charge in [-0.15, -0.1) is 0 Å². The van der Waals surface area contributed by atoms with Gasteiger partial charge in [-0.05, 0) is 43.5 Å². The summed E-state index contributed by atoms with van der Waals surface area (Å²) in [5.41, 5.74) is 2.65. The van der Waals surface area contributed by atoms with E-state index in [-0.39, 0.29) is 0 Å². The van der Waals surface area contributed by atoms with Crippen molar-refractivity contribution in [2.75, 3.05) is 31.6 Å². The molecule has 2 heterocycles. The number of fused-ring (bicyclic) bond motifs is 1. The Hall–Kier alpha value is -1.06. The predicted molar refractivity (Wildman–Crippen MR) is 87.8 cm³/mol. The molecule has 2 saturated heterocycles. The Morgan fingerprint density at radius 1 is 1.24 bits per heavy atom. The molecule has 116 valence electrons. The summed E-state index contributed by atoms with van der Waals surface area (Å²) < 4.78 is 5.28. The van der Waals surface area contributed by atoms with Gasteiger partial charge in [0, 0.05) is 38.0 Å². The van der Waals surface area contributed by atoms with E-state index in [4.69, 9.17) is 4.74 Å². The molecule has 0 bridgehead atoms. The van der Waals surface area contributed by atoms with Gasteiger partial charge in [0.25, 0.3) is 0 Å². The lowest BCUT2D eigenvalue weighted by Crippen LogP contribution is -2.59. The first-order valence-corrected chi connectivity index (χ1v) is 8.40. The molecule has 1 aromatic carbocycles. The molecule has 3 rings (SSSR count). The van der Waals surface area contributed by atoms with Crippen LogP contribution in [0.15, 0.2) is 24.3 Å². The van der Waals surface area contributed by atoms with E-state index in [1.807, 2.05) is 0 Å². The lowest BCUT2D eigenvalue weighted by atomic mass is 9.95. The average molecular weight is 288 g/mol. The van der Waals surface area contributed by atoms with Gasteiger partial charge in [0.05, 0.1) is 6.61 Å². The molecule has 0 amide bonds. The number of methoxy groups -OCH3 is 1. The van der Waals surface area contributed by atoms with Gasteiger partial charge in [-0.2, -0.15) is 0 Å². The Kier molecular flexibility index (Phi) is 4.81. The van der Waals surface area contributed by atoms with E-state index in [9.17, 15) is 0 Å². The van der Waals surface area contributed by atoms with Gasteiger partial charge in [0.2, 0.25) is 0 Å². The fourth-order valence-electron chi connectivity index (χ4n) is 3.91. The average Bonchev–Trinajstić information content (AvgIpc) is 2.54. The fourth-order valence-corrected chi connectivity index (χ4v) is 3.91. The summed E-state index contributed by atoms with van der Waals surface area (Å²) in [5.74, 6) is 0. The van der Waals surface area contributed by atoms with Gasteiger partial charge in [-0.3, -0.25) is 4.90 Å². The topological polar surface area (TPSA) is 15.7 Å². The number of hydrogen-bond donors (Lipinski definition) is 0. The molecule has 3 heteroatoms. The Balaban J connectivity index is 1.80. The number of piperazine rings is 1. The minimum atomic E-state index is 0.650. The summed E-state index contributed by atoms with van der Waals surface area (Å²) in [6, 6.07) is 10.3. The molecule has 2 fully saturated rings. The first-order valence-electron chi connectivity index (χ1n) is 8.40.